The van der Waals surface area contributed by atoms with E-state index in [0.29, 0.717) is 11.3 Å². The van der Waals surface area contributed by atoms with Crippen LogP contribution in [-0.4, -0.2) is 17.1 Å². The van der Waals surface area contributed by atoms with Crippen molar-refractivity contribution in [3.05, 3.63) is 63.7 Å². The summed E-state index contributed by atoms with van der Waals surface area (Å²) >= 11 is 0. The van der Waals surface area contributed by atoms with Crippen LogP contribution >= 0.6 is 0 Å². The highest BCUT2D eigenvalue weighted by molar-refractivity contribution is 5.72. The van der Waals surface area contributed by atoms with Gasteiger partial charge in [0, 0.05) is 18.8 Å². The van der Waals surface area contributed by atoms with Gasteiger partial charge in [-0.3, -0.25) is 10.1 Å². The highest BCUT2D eigenvalue weighted by Crippen LogP contribution is 2.33. The number of nitro benzene ring substituents is 1. The molecule has 0 fully saturated rings. The predicted octanol–water partition coefficient (Wildman–Crippen LogP) is 3.42. The number of hydrogen-bond donors (Lipinski definition) is 1. The Kier molecular flexibility index (Phi) is 4.55. The van der Waals surface area contributed by atoms with Gasteiger partial charge in [0.05, 0.1) is 11.5 Å². The fourth-order valence-corrected chi connectivity index (χ4v) is 2.19. The first-order valence-electron chi connectivity index (χ1n) is 6.77. The Morgan fingerprint density at radius 2 is 1.76 bits per heavy atom. The summed E-state index contributed by atoms with van der Waals surface area (Å²) in [6.45, 7) is 1.87. The van der Waals surface area contributed by atoms with Crippen molar-refractivity contribution >= 4 is 17.1 Å². The minimum atomic E-state index is -0.425. The van der Waals surface area contributed by atoms with E-state index in [1.807, 2.05) is 24.3 Å². The molecule has 0 aromatic heterocycles. The topological polar surface area (TPSA) is 66.6 Å². The van der Waals surface area contributed by atoms with Crippen LogP contribution in [0.5, 0.6) is 0 Å². The van der Waals surface area contributed by atoms with Crippen molar-refractivity contribution < 1.29 is 10.0 Å². The summed E-state index contributed by atoms with van der Waals surface area (Å²) < 4.78 is 0. The zero-order chi connectivity index (χ0) is 15.4. The third-order valence-electron chi connectivity index (χ3n) is 3.51. The maximum atomic E-state index is 11.2. The summed E-state index contributed by atoms with van der Waals surface area (Å²) in [5.41, 5.74) is 3.12. The van der Waals surface area contributed by atoms with Crippen LogP contribution in [0.3, 0.4) is 0 Å². The number of aryl methyl sites for hydroxylation is 1. The van der Waals surface area contributed by atoms with Gasteiger partial charge in [-0.1, -0.05) is 25.1 Å². The number of aliphatic hydroxyl groups is 1. The Balaban J connectivity index is 2.41. The smallest absolute Gasteiger partial charge is 0.293 e. The lowest BCUT2D eigenvalue weighted by Gasteiger charge is -2.20. The van der Waals surface area contributed by atoms with Crippen LogP contribution < -0.4 is 4.90 Å². The van der Waals surface area contributed by atoms with Crippen molar-refractivity contribution in [2.45, 2.75) is 20.0 Å². The third kappa shape index (κ3) is 3.20. The quantitative estimate of drug-likeness (QED) is 0.675. The van der Waals surface area contributed by atoms with E-state index >= 15 is 0 Å². The molecule has 5 nitrogen and oxygen atoms in total. The lowest BCUT2D eigenvalue weighted by atomic mass is 10.1. The molecule has 0 aliphatic rings. The summed E-state index contributed by atoms with van der Waals surface area (Å²) in [4.78, 5) is 12.6. The van der Waals surface area contributed by atoms with E-state index in [9.17, 15) is 10.1 Å². The molecule has 0 aliphatic carbocycles. The lowest BCUT2D eigenvalue weighted by Crippen LogP contribution is -2.11. The third-order valence-corrected chi connectivity index (χ3v) is 3.51. The second-order valence-corrected chi connectivity index (χ2v) is 4.82. The Morgan fingerprint density at radius 1 is 1.14 bits per heavy atom. The van der Waals surface area contributed by atoms with Crippen molar-refractivity contribution in [2.24, 2.45) is 0 Å². The minimum Gasteiger partial charge on any atom is -0.392 e. The average molecular weight is 286 g/mol. The molecule has 0 saturated carbocycles. The van der Waals surface area contributed by atoms with E-state index < -0.39 is 4.92 Å². The zero-order valence-corrected chi connectivity index (χ0v) is 12.1. The van der Waals surface area contributed by atoms with E-state index in [2.05, 4.69) is 6.92 Å². The molecular formula is C16H18N2O3. The molecule has 21 heavy (non-hydrogen) atoms. The molecule has 110 valence electrons. The highest BCUT2D eigenvalue weighted by atomic mass is 16.6. The monoisotopic (exact) mass is 286 g/mol. The molecule has 2 rings (SSSR count). The first-order chi connectivity index (χ1) is 10.1. The van der Waals surface area contributed by atoms with Crippen LogP contribution in [0.4, 0.5) is 17.1 Å². The summed E-state index contributed by atoms with van der Waals surface area (Å²) in [5.74, 6) is 0. The van der Waals surface area contributed by atoms with Crippen molar-refractivity contribution in [2.75, 3.05) is 11.9 Å². The van der Waals surface area contributed by atoms with Crippen molar-refractivity contribution in [3.8, 4) is 0 Å². The van der Waals surface area contributed by atoms with Crippen LogP contribution in [-0.2, 0) is 13.0 Å². The fourth-order valence-electron chi connectivity index (χ4n) is 2.19. The molecular weight excluding hydrogens is 268 g/mol. The number of hydrogen-bond acceptors (Lipinski definition) is 4. The molecule has 0 atom stereocenters. The maximum Gasteiger partial charge on any atom is 0.293 e. The summed E-state index contributed by atoms with van der Waals surface area (Å²) in [7, 11) is 1.79. The predicted molar refractivity (Wildman–Crippen MR) is 82.9 cm³/mol. The van der Waals surface area contributed by atoms with Gasteiger partial charge in [0.1, 0.15) is 5.69 Å². The van der Waals surface area contributed by atoms with Crippen molar-refractivity contribution in [1.29, 1.82) is 0 Å². The van der Waals surface area contributed by atoms with Gasteiger partial charge in [-0.05, 0) is 35.7 Å². The molecule has 0 heterocycles. The zero-order valence-electron chi connectivity index (χ0n) is 12.1. The van der Waals surface area contributed by atoms with E-state index in [1.54, 1.807) is 24.1 Å². The normalized spacial score (nSPS) is 10.4. The summed E-state index contributed by atoms with van der Waals surface area (Å²) in [6.07, 6.45) is 0.954. The Morgan fingerprint density at radius 3 is 2.29 bits per heavy atom. The Bertz CT molecular complexity index is 638. The van der Waals surface area contributed by atoms with E-state index in [-0.39, 0.29) is 12.3 Å². The number of aliphatic hydroxyl groups excluding tert-OH is 1. The van der Waals surface area contributed by atoms with Gasteiger partial charge in [0.25, 0.3) is 5.69 Å². The van der Waals surface area contributed by atoms with Crippen molar-refractivity contribution in [3.63, 3.8) is 0 Å². The maximum absolute atomic E-state index is 11.2. The lowest BCUT2D eigenvalue weighted by molar-refractivity contribution is -0.384. The summed E-state index contributed by atoms with van der Waals surface area (Å²) in [6, 6.07) is 12.7. The second-order valence-electron chi connectivity index (χ2n) is 4.82. The number of benzene rings is 2. The van der Waals surface area contributed by atoms with Crippen LogP contribution in [0.15, 0.2) is 42.5 Å². The van der Waals surface area contributed by atoms with Crippen LogP contribution in [0.1, 0.15) is 18.1 Å². The number of nitro groups is 1. The van der Waals surface area contributed by atoms with Crippen LogP contribution in [0.2, 0.25) is 0 Å². The number of nitrogens with zero attached hydrogens (tertiary/aromatic N) is 2. The van der Waals surface area contributed by atoms with Gasteiger partial charge in [-0.2, -0.15) is 0 Å². The molecule has 0 unspecified atom stereocenters. The molecule has 5 heteroatoms. The largest absolute Gasteiger partial charge is 0.392 e. The van der Waals surface area contributed by atoms with Gasteiger partial charge < -0.3 is 10.0 Å². The fraction of sp³-hybridized carbons (Fsp3) is 0.250. The minimum absolute atomic E-state index is 0.0105. The molecule has 0 saturated heterocycles. The van der Waals surface area contributed by atoms with Crippen molar-refractivity contribution in [1.82, 2.24) is 0 Å². The van der Waals surface area contributed by atoms with E-state index in [0.717, 1.165) is 12.1 Å². The molecule has 0 spiro atoms. The Labute approximate surface area is 123 Å². The molecule has 1 N–H and O–H groups in total. The van der Waals surface area contributed by atoms with Gasteiger partial charge >= 0.3 is 0 Å². The average Bonchev–Trinajstić information content (AvgIpc) is 2.53. The van der Waals surface area contributed by atoms with Gasteiger partial charge in [0.15, 0.2) is 0 Å². The van der Waals surface area contributed by atoms with E-state index in [4.69, 9.17) is 5.11 Å². The van der Waals surface area contributed by atoms with Gasteiger partial charge in [-0.15, -0.1) is 0 Å². The molecule has 2 aromatic rings. The van der Waals surface area contributed by atoms with Crippen LogP contribution in [0, 0.1) is 10.1 Å². The first-order valence-corrected chi connectivity index (χ1v) is 6.77. The molecule has 0 bridgehead atoms. The molecule has 0 aliphatic heterocycles. The Hall–Kier alpha value is -2.40. The number of rotatable bonds is 5. The van der Waals surface area contributed by atoms with Crippen LogP contribution in [0.25, 0.3) is 0 Å². The summed E-state index contributed by atoms with van der Waals surface area (Å²) in [5, 5.41) is 20.3. The van der Waals surface area contributed by atoms with Gasteiger partial charge in [-0.25, -0.2) is 0 Å². The molecule has 0 radical (unpaired) electrons. The standard InChI is InChI=1S/C16H18N2O3/c1-3-12-4-7-14(8-5-12)17(2)15-9-6-13(11-19)10-16(15)18(20)21/h4-10,19H,3,11H2,1-2H3. The highest BCUT2D eigenvalue weighted by Gasteiger charge is 2.18. The first kappa shape index (κ1) is 15.0. The van der Waals surface area contributed by atoms with Gasteiger partial charge in [0.2, 0.25) is 0 Å². The number of anilines is 2. The molecule has 2 aromatic carbocycles. The SMILES string of the molecule is CCc1ccc(N(C)c2ccc(CO)cc2[N+](=O)[O-])cc1. The molecule has 0 amide bonds. The van der Waals surface area contributed by atoms with E-state index in [1.165, 1.54) is 11.6 Å². The second kappa shape index (κ2) is 6.37.